The van der Waals surface area contributed by atoms with Crippen molar-refractivity contribution in [1.82, 2.24) is 90.1 Å². The van der Waals surface area contributed by atoms with Crippen molar-refractivity contribution in [1.29, 1.82) is 0 Å². The van der Waals surface area contributed by atoms with Gasteiger partial charge in [-0.2, -0.15) is 0 Å². The molecule has 0 fully saturated rings. The van der Waals surface area contributed by atoms with Crippen LogP contribution in [0.1, 0.15) is 136 Å². The van der Waals surface area contributed by atoms with Gasteiger partial charge in [0.15, 0.2) is 17.5 Å². The molecule has 9 aromatic heterocycles. The number of aromatic amines is 5. The van der Waals surface area contributed by atoms with Crippen LogP contribution in [0.5, 0.6) is 5.75 Å². The zero-order valence-electron chi connectivity index (χ0n) is 72.7. The quantitative estimate of drug-likeness (QED) is 0.0180. The average Bonchev–Trinajstić information content (AvgIpc) is 1.66. The second-order valence-corrected chi connectivity index (χ2v) is 33.4. The molecule has 0 radical (unpaired) electrons. The minimum Gasteiger partial charge on any atom is -0.497 e. The van der Waals surface area contributed by atoms with E-state index in [1.165, 1.54) is 43.8 Å². The van der Waals surface area contributed by atoms with E-state index in [2.05, 4.69) is 222 Å². The zero-order valence-corrected chi connectivity index (χ0v) is 72.7. The van der Waals surface area contributed by atoms with Crippen LogP contribution in [0.15, 0.2) is 304 Å². The zero-order chi connectivity index (χ0) is 88.4. The van der Waals surface area contributed by atoms with Gasteiger partial charge in [-0.25, -0.2) is 0 Å². The largest absolute Gasteiger partial charge is 0.497 e. The number of para-hydroxylation sites is 5. The number of ether oxygens (including phenoxy) is 1. The van der Waals surface area contributed by atoms with E-state index in [-0.39, 0.29) is 30.7 Å². The summed E-state index contributed by atoms with van der Waals surface area (Å²) in [6.07, 6.45) is 20.6. The highest BCUT2D eigenvalue weighted by Gasteiger charge is 2.32. The van der Waals surface area contributed by atoms with E-state index < -0.39 is 23.7 Å². The summed E-state index contributed by atoms with van der Waals surface area (Å²) < 4.78 is 11.9. The number of nitrogens with zero attached hydrogens (tertiary/aromatic N) is 10. The van der Waals surface area contributed by atoms with Gasteiger partial charge in [0.2, 0.25) is 17.7 Å². The SMILES string of the molecule is CC(C)(N)C(=O)N[C@H](Cc1c[nH]c2ccccc12)c1nnc(CCCc2c[nH]c3ccccc23)n1Cc1ccccc1.COc1ccc(Cn2c(CCc3ccccc3)nnc2[C@@H](Cc2c[nH]c3ccccc23)NC(=O)CN)cc1.O=C(Cc1ccccn1)N[C@H](Cc1c[nH]c2ccccc12)c1nnc(CCCc2c[nH]c3ccccc23)n1Cc1cccc2ccccc12. The Balaban J connectivity index is 0.000000137. The van der Waals surface area contributed by atoms with Crippen molar-refractivity contribution in [3.63, 3.8) is 0 Å². The molecule has 9 heterocycles. The van der Waals surface area contributed by atoms with E-state index in [1.807, 2.05) is 146 Å². The van der Waals surface area contributed by atoms with Crippen molar-refractivity contribution in [3.8, 4) is 5.75 Å². The molecule has 650 valence electrons. The van der Waals surface area contributed by atoms with Gasteiger partial charge < -0.3 is 70.8 Å². The first kappa shape index (κ1) is 86.0. The lowest BCUT2D eigenvalue weighted by Crippen LogP contribution is -2.50. The highest BCUT2D eigenvalue weighted by Crippen LogP contribution is 2.33. The number of H-pyrrole nitrogens is 5. The third-order valence-corrected chi connectivity index (χ3v) is 24.0. The van der Waals surface area contributed by atoms with Crippen molar-refractivity contribution in [3.05, 3.63) is 395 Å². The lowest BCUT2D eigenvalue weighted by molar-refractivity contribution is -0.126. The Hall–Kier alpha value is -15.1. The number of benzene rings is 10. The molecule has 12 N–H and O–H groups in total. The van der Waals surface area contributed by atoms with Gasteiger partial charge in [0, 0.05) is 136 Å². The van der Waals surface area contributed by atoms with E-state index in [1.54, 1.807) is 27.2 Å². The molecule has 24 heteroatoms. The molecule has 10 aromatic carbocycles. The maximum Gasteiger partial charge on any atom is 0.240 e. The van der Waals surface area contributed by atoms with Crippen molar-refractivity contribution in [2.45, 2.75) is 134 Å². The van der Waals surface area contributed by atoms with Gasteiger partial charge in [-0.3, -0.25) is 19.4 Å². The van der Waals surface area contributed by atoms with Crippen molar-refractivity contribution in [2.24, 2.45) is 11.5 Å². The number of rotatable bonds is 34. The van der Waals surface area contributed by atoms with Gasteiger partial charge >= 0.3 is 0 Å². The molecule has 0 spiro atoms. The number of carbonyl (C=O) groups is 3. The van der Waals surface area contributed by atoms with Crippen LogP contribution in [0.25, 0.3) is 65.3 Å². The van der Waals surface area contributed by atoms with Crippen LogP contribution in [-0.4, -0.2) is 111 Å². The van der Waals surface area contributed by atoms with Crippen molar-refractivity contribution < 1.29 is 19.1 Å². The first-order chi connectivity index (χ1) is 63.2. The fourth-order valence-corrected chi connectivity index (χ4v) is 17.3. The molecule has 3 amide bonds. The Kier molecular flexibility index (Phi) is 27.0. The third-order valence-electron chi connectivity index (χ3n) is 24.0. The van der Waals surface area contributed by atoms with Gasteiger partial charge in [0.1, 0.15) is 23.2 Å². The number of nitrogens with one attached hydrogen (secondary N) is 8. The van der Waals surface area contributed by atoms with Gasteiger partial charge in [0.25, 0.3) is 0 Å². The Morgan fingerprint density at radius 2 is 0.760 bits per heavy atom. The number of pyridine rings is 1. The monoisotopic (exact) mass is 1710 g/mol. The Bertz CT molecular complexity index is 6960. The van der Waals surface area contributed by atoms with Gasteiger partial charge in [-0.15, -0.1) is 30.6 Å². The first-order valence-corrected chi connectivity index (χ1v) is 44.2. The molecule has 0 saturated heterocycles. The average molecular weight is 1710 g/mol. The number of amides is 3. The molecular formula is C105H106N20O4. The number of hydrogen-bond acceptors (Lipinski definition) is 13. The van der Waals surface area contributed by atoms with E-state index in [0.29, 0.717) is 44.7 Å². The number of methoxy groups -OCH3 is 1. The fourth-order valence-electron chi connectivity index (χ4n) is 17.3. The topological polar surface area (TPSA) is 333 Å². The molecule has 0 aliphatic rings. The van der Waals surface area contributed by atoms with Crippen LogP contribution in [0.3, 0.4) is 0 Å². The summed E-state index contributed by atoms with van der Waals surface area (Å²) in [6, 6.07) is 89.3. The predicted molar refractivity (Wildman–Crippen MR) is 509 cm³/mol. The number of aromatic nitrogens is 15. The Morgan fingerprint density at radius 3 is 1.22 bits per heavy atom. The van der Waals surface area contributed by atoms with E-state index in [0.717, 1.165) is 163 Å². The van der Waals surface area contributed by atoms with Crippen molar-refractivity contribution >= 4 is 83.0 Å². The first-order valence-electron chi connectivity index (χ1n) is 44.2. The lowest BCUT2D eigenvalue weighted by atomic mass is 10.0. The number of aryl methyl sites for hydroxylation is 6. The molecule has 3 atom stereocenters. The normalized spacial score (nSPS) is 12.3. The molecular weight excluding hydrogens is 1610 g/mol. The van der Waals surface area contributed by atoms with Gasteiger partial charge in [-0.05, 0) is 161 Å². The smallest absolute Gasteiger partial charge is 0.240 e. The number of nitrogens with two attached hydrogens (primary N) is 2. The Labute approximate surface area is 747 Å². The third kappa shape index (κ3) is 20.9. The van der Waals surface area contributed by atoms with E-state index in [4.69, 9.17) is 36.6 Å². The van der Waals surface area contributed by atoms with Gasteiger partial charge in [-0.1, -0.05) is 212 Å². The summed E-state index contributed by atoms with van der Waals surface area (Å²) in [5.74, 6) is 5.07. The van der Waals surface area contributed by atoms with Gasteiger partial charge in [0.05, 0.1) is 63.4 Å². The molecule has 129 heavy (non-hydrogen) atoms. The maximum absolute atomic E-state index is 13.6. The fraction of sp³-hybridized carbons (Fsp3) is 0.219. The van der Waals surface area contributed by atoms with Crippen LogP contribution in [0, 0.1) is 0 Å². The van der Waals surface area contributed by atoms with Crippen LogP contribution < -0.4 is 32.2 Å². The summed E-state index contributed by atoms with van der Waals surface area (Å²) in [7, 11) is 1.66. The number of carbonyl (C=O) groups excluding carboxylic acids is 3. The number of fused-ring (bicyclic) bond motifs is 6. The standard InChI is InChI=1S/C41H37N7O.C34H37N7O.C30H32N6O2/c49-40(24-32-15-7-8-22-42-32)45-38(23-31-26-44-37-20-6-4-18-35(31)37)41-47-46-39(21-10-13-29-25-43-36-19-5-3-17-34(29)36)48(41)27-30-14-9-12-28-11-1-2-16-33(28)30;1-34(2,35)33(42)38-30(19-25-21-37-29-17-9-7-15-27(25)29)32-40-39-31(41(32)22-23-11-4-3-5-12-23)18-10-13-24-20-36-28-16-8-6-14-26(24)28;1-38-24-14-11-22(12-15-24)20-36-28(16-13-21-7-3-2-4-8-21)34-35-30(36)27(33-29(37)18-31)17-23-19-32-26-10-6-5-9-25(23)26/h1-9,11-12,14-20,22,25-26,38,43-44H,10,13,21,23-24,27H2,(H,45,49);3-9,11-12,14-17,20-21,30,36-37H,10,13,18-19,22,35H2,1-2H3,(H,38,42);2-12,14-15,19,27,32H,13,16-18,20,31H2,1H3,(H,33,37)/t38-;30-;27-/m111/s1. The summed E-state index contributed by atoms with van der Waals surface area (Å²) in [6.45, 7) is 5.10. The highest BCUT2D eigenvalue weighted by atomic mass is 16.5. The second kappa shape index (κ2) is 40.4. The summed E-state index contributed by atoms with van der Waals surface area (Å²) >= 11 is 0. The molecule has 0 saturated carbocycles. The van der Waals surface area contributed by atoms with E-state index in [9.17, 15) is 14.4 Å². The lowest BCUT2D eigenvalue weighted by Gasteiger charge is -2.25. The number of hydrogen-bond donors (Lipinski definition) is 10. The second-order valence-electron chi connectivity index (χ2n) is 33.4. The van der Waals surface area contributed by atoms with Crippen LogP contribution in [0.2, 0.25) is 0 Å². The predicted octanol–water partition coefficient (Wildman–Crippen LogP) is 17.2. The molecule has 0 bridgehead atoms. The summed E-state index contributed by atoms with van der Waals surface area (Å²) in [5.41, 5.74) is 27.6. The molecule has 19 aromatic rings. The molecule has 0 unspecified atom stereocenters. The minimum absolute atomic E-state index is 0.0993. The summed E-state index contributed by atoms with van der Waals surface area (Å²) in [4.78, 5) is 60.7. The van der Waals surface area contributed by atoms with Crippen molar-refractivity contribution in [2.75, 3.05) is 13.7 Å². The van der Waals surface area contributed by atoms with Crippen LogP contribution >= 0.6 is 0 Å². The molecule has 0 aliphatic heterocycles. The summed E-state index contributed by atoms with van der Waals surface area (Å²) in [5, 5.41) is 46.2. The molecule has 24 nitrogen and oxygen atoms in total. The Morgan fingerprint density at radius 1 is 0.372 bits per heavy atom. The van der Waals surface area contributed by atoms with Crippen LogP contribution in [0.4, 0.5) is 0 Å². The highest BCUT2D eigenvalue weighted by molar-refractivity contribution is 5.89. The van der Waals surface area contributed by atoms with E-state index >= 15 is 0 Å². The van der Waals surface area contributed by atoms with Crippen LogP contribution in [-0.2, 0) is 98.2 Å². The molecule has 0 aliphatic carbocycles. The molecule has 19 rings (SSSR count). The minimum atomic E-state index is -1.04. The maximum atomic E-state index is 13.6.